The Labute approximate surface area is 198 Å². The highest BCUT2D eigenvalue weighted by Gasteiger charge is 2.14. The molecule has 4 aromatic rings. The van der Waals surface area contributed by atoms with E-state index >= 15 is 0 Å². The molecule has 34 heavy (non-hydrogen) atoms. The highest BCUT2D eigenvalue weighted by atomic mass is 32.2. The molecule has 0 atom stereocenters. The number of hydrogen-bond donors (Lipinski definition) is 1. The maximum absolute atomic E-state index is 12.5. The van der Waals surface area contributed by atoms with E-state index in [2.05, 4.69) is 14.9 Å². The molecule has 0 saturated heterocycles. The van der Waals surface area contributed by atoms with Gasteiger partial charge < -0.3 is 14.2 Å². The summed E-state index contributed by atoms with van der Waals surface area (Å²) in [6.45, 7) is 0.178. The Balaban J connectivity index is 1.26. The number of methoxy groups -OCH3 is 1. The molecule has 0 unspecified atom stereocenters. The average Bonchev–Trinajstić information content (AvgIpc) is 2.88. The zero-order valence-corrected chi connectivity index (χ0v) is 19.2. The van der Waals surface area contributed by atoms with Gasteiger partial charge in [-0.05, 0) is 66.7 Å². The van der Waals surface area contributed by atoms with Crippen LogP contribution in [0.4, 0.5) is 0 Å². The van der Waals surface area contributed by atoms with Crippen molar-refractivity contribution >= 4 is 10.0 Å². The van der Waals surface area contributed by atoms with E-state index < -0.39 is 10.0 Å². The van der Waals surface area contributed by atoms with E-state index in [1.165, 1.54) is 12.1 Å². The highest BCUT2D eigenvalue weighted by Crippen LogP contribution is 2.23. The molecule has 3 aromatic carbocycles. The van der Waals surface area contributed by atoms with Crippen LogP contribution >= 0.6 is 0 Å². The molecule has 0 saturated carbocycles. The summed E-state index contributed by atoms with van der Waals surface area (Å²) in [5.41, 5.74) is 1.59. The fraction of sp³-hybridized carbons (Fsp3) is 0.120. The lowest BCUT2D eigenvalue weighted by Crippen LogP contribution is -2.28. The molecule has 0 spiro atoms. The first kappa shape index (κ1) is 23.2. The van der Waals surface area contributed by atoms with E-state index in [4.69, 9.17) is 14.2 Å². The number of hydrogen-bond acceptors (Lipinski definition) is 7. The molecule has 1 aromatic heterocycles. The summed E-state index contributed by atoms with van der Waals surface area (Å²) >= 11 is 0. The van der Waals surface area contributed by atoms with Crippen molar-refractivity contribution in [2.24, 2.45) is 0 Å². The van der Waals surface area contributed by atoms with Gasteiger partial charge in [-0.15, -0.1) is 10.2 Å². The number of nitrogens with zero attached hydrogens (tertiary/aromatic N) is 2. The number of rotatable bonds is 10. The average molecular weight is 478 g/mol. The summed E-state index contributed by atoms with van der Waals surface area (Å²) in [4.78, 5) is 0.136. The van der Waals surface area contributed by atoms with Crippen molar-refractivity contribution in [1.29, 1.82) is 0 Å². The monoisotopic (exact) mass is 477 g/mol. The Hall–Kier alpha value is -3.95. The minimum absolute atomic E-state index is 0.0759. The Bertz CT molecular complexity index is 1300. The number of sulfonamides is 1. The predicted molar refractivity (Wildman–Crippen MR) is 128 cm³/mol. The normalized spacial score (nSPS) is 11.1. The van der Waals surface area contributed by atoms with Gasteiger partial charge in [-0.1, -0.05) is 18.2 Å². The molecule has 0 aliphatic carbocycles. The second-order valence-corrected chi connectivity index (χ2v) is 8.89. The van der Waals surface area contributed by atoms with Crippen LogP contribution in [-0.2, 0) is 10.0 Å². The van der Waals surface area contributed by atoms with Crippen LogP contribution in [0.2, 0.25) is 0 Å². The van der Waals surface area contributed by atoms with Crippen LogP contribution in [0.25, 0.3) is 11.3 Å². The highest BCUT2D eigenvalue weighted by molar-refractivity contribution is 7.89. The Morgan fingerprint density at radius 1 is 0.765 bits per heavy atom. The van der Waals surface area contributed by atoms with E-state index in [1.807, 2.05) is 54.6 Å². The van der Waals surface area contributed by atoms with Gasteiger partial charge in [-0.25, -0.2) is 13.1 Å². The van der Waals surface area contributed by atoms with E-state index in [0.29, 0.717) is 23.1 Å². The van der Waals surface area contributed by atoms with Gasteiger partial charge in [0.2, 0.25) is 15.9 Å². The van der Waals surface area contributed by atoms with Gasteiger partial charge in [0, 0.05) is 18.2 Å². The molecular weight excluding hydrogens is 454 g/mol. The molecule has 1 N–H and O–H groups in total. The quantitative estimate of drug-likeness (QED) is 0.340. The first-order chi connectivity index (χ1) is 16.5. The van der Waals surface area contributed by atoms with Crippen LogP contribution in [0.3, 0.4) is 0 Å². The second kappa shape index (κ2) is 10.8. The van der Waals surface area contributed by atoms with Crippen molar-refractivity contribution in [3.05, 3.63) is 91.0 Å². The third kappa shape index (κ3) is 6.09. The number of ether oxygens (including phenoxy) is 3. The fourth-order valence-electron chi connectivity index (χ4n) is 3.04. The van der Waals surface area contributed by atoms with Crippen LogP contribution in [0.15, 0.2) is 95.9 Å². The maximum Gasteiger partial charge on any atom is 0.240 e. The lowest BCUT2D eigenvalue weighted by Gasteiger charge is -2.09. The van der Waals surface area contributed by atoms with E-state index in [-0.39, 0.29) is 18.0 Å². The van der Waals surface area contributed by atoms with E-state index in [1.54, 1.807) is 31.4 Å². The van der Waals surface area contributed by atoms with Crippen LogP contribution in [0.1, 0.15) is 0 Å². The zero-order chi connectivity index (χ0) is 23.8. The smallest absolute Gasteiger partial charge is 0.240 e. The largest absolute Gasteiger partial charge is 0.497 e. The molecule has 0 aliphatic rings. The summed E-state index contributed by atoms with van der Waals surface area (Å²) in [6.07, 6.45) is 0. The topological polar surface area (TPSA) is 99.6 Å². The molecule has 0 fully saturated rings. The summed E-state index contributed by atoms with van der Waals surface area (Å²) in [5, 5.41) is 8.19. The fourth-order valence-corrected chi connectivity index (χ4v) is 4.05. The first-order valence-electron chi connectivity index (χ1n) is 10.5. The summed E-state index contributed by atoms with van der Waals surface area (Å²) in [7, 11) is -2.07. The third-order valence-electron chi connectivity index (χ3n) is 4.78. The van der Waals surface area contributed by atoms with Gasteiger partial charge in [-0.2, -0.15) is 0 Å². The minimum atomic E-state index is -3.68. The molecule has 8 nitrogen and oxygen atoms in total. The molecule has 9 heteroatoms. The van der Waals surface area contributed by atoms with Crippen LogP contribution < -0.4 is 18.9 Å². The lowest BCUT2D eigenvalue weighted by atomic mass is 10.1. The lowest BCUT2D eigenvalue weighted by molar-refractivity contribution is 0.307. The summed E-state index contributed by atoms with van der Waals surface area (Å²) in [6, 6.07) is 26.4. The number of aromatic nitrogens is 2. The van der Waals surface area contributed by atoms with E-state index in [9.17, 15) is 8.42 Å². The molecule has 0 aliphatic heterocycles. The first-order valence-corrected chi connectivity index (χ1v) is 12.0. The minimum Gasteiger partial charge on any atom is -0.497 e. The molecule has 174 valence electrons. The van der Waals surface area contributed by atoms with Crippen LogP contribution in [-0.4, -0.2) is 38.9 Å². The summed E-state index contributed by atoms with van der Waals surface area (Å²) < 4.78 is 43.9. The van der Waals surface area contributed by atoms with Crippen molar-refractivity contribution in [1.82, 2.24) is 14.9 Å². The van der Waals surface area contributed by atoms with Crippen molar-refractivity contribution in [3.8, 4) is 34.4 Å². The number of nitrogens with one attached hydrogen (secondary N) is 1. The maximum atomic E-state index is 12.5. The molecule has 4 rings (SSSR count). The third-order valence-corrected chi connectivity index (χ3v) is 6.26. The van der Waals surface area contributed by atoms with Gasteiger partial charge in [0.15, 0.2) is 0 Å². The van der Waals surface area contributed by atoms with Gasteiger partial charge in [-0.3, -0.25) is 0 Å². The number of para-hydroxylation sites is 1. The van der Waals surface area contributed by atoms with Gasteiger partial charge in [0.25, 0.3) is 0 Å². The summed E-state index contributed by atoms with van der Waals surface area (Å²) in [5.74, 6) is 2.29. The van der Waals surface area contributed by atoms with Crippen molar-refractivity contribution < 1.29 is 22.6 Å². The van der Waals surface area contributed by atoms with Crippen molar-refractivity contribution in [2.45, 2.75) is 4.90 Å². The van der Waals surface area contributed by atoms with Gasteiger partial charge in [0.1, 0.15) is 23.9 Å². The predicted octanol–water partition coefficient (Wildman–Crippen LogP) is 4.30. The SMILES string of the molecule is COc1ccc(-c2ccc(OCCNS(=O)(=O)c3ccc(Oc4ccccc4)cc3)nn2)cc1. The van der Waals surface area contributed by atoms with Crippen LogP contribution in [0.5, 0.6) is 23.1 Å². The van der Waals surface area contributed by atoms with Gasteiger partial charge in [0.05, 0.1) is 17.7 Å². The van der Waals surface area contributed by atoms with Crippen molar-refractivity contribution in [3.63, 3.8) is 0 Å². The molecular formula is C25H23N3O5S. The van der Waals surface area contributed by atoms with E-state index in [0.717, 1.165) is 11.3 Å². The second-order valence-electron chi connectivity index (χ2n) is 7.12. The zero-order valence-electron chi connectivity index (χ0n) is 18.4. The Morgan fingerprint density at radius 3 is 2.09 bits per heavy atom. The van der Waals surface area contributed by atoms with Crippen LogP contribution in [0, 0.1) is 0 Å². The van der Waals surface area contributed by atoms with Gasteiger partial charge >= 0.3 is 0 Å². The Kier molecular flexibility index (Phi) is 7.36. The standard InChI is InChI=1S/C25H23N3O5S/c1-31-20-9-7-19(8-10-20)24-15-16-25(28-27-24)32-18-17-26-34(29,30)23-13-11-22(12-14-23)33-21-5-3-2-4-6-21/h2-16,26H,17-18H2,1H3. The van der Waals surface area contributed by atoms with Crippen molar-refractivity contribution in [2.75, 3.05) is 20.3 Å². The number of benzene rings is 3. The molecule has 0 amide bonds. The molecule has 0 bridgehead atoms. The Morgan fingerprint density at radius 2 is 1.44 bits per heavy atom. The molecule has 0 radical (unpaired) electrons. The molecule has 1 heterocycles.